The summed E-state index contributed by atoms with van der Waals surface area (Å²) in [5, 5.41) is 3.15. The molecule has 0 aromatic rings. The zero-order chi connectivity index (χ0) is 8.97. The SMILES string of the molecule is CC(C)CC(=O)OC1CCNC1. The third-order valence-electron chi connectivity index (χ3n) is 1.89. The molecule has 1 N–H and O–H groups in total. The third-order valence-corrected chi connectivity index (χ3v) is 1.89. The van der Waals surface area contributed by atoms with E-state index in [1.165, 1.54) is 0 Å². The van der Waals surface area contributed by atoms with Crippen molar-refractivity contribution in [1.29, 1.82) is 0 Å². The van der Waals surface area contributed by atoms with Crippen LogP contribution in [0.3, 0.4) is 0 Å². The topological polar surface area (TPSA) is 38.3 Å². The molecule has 0 spiro atoms. The van der Waals surface area contributed by atoms with E-state index in [1.54, 1.807) is 0 Å². The van der Waals surface area contributed by atoms with E-state index in [0.29, 0.717) is 12.3 Å². The van der Waals surface area contributed by atoms with Crippen molar-refractivity contribution in [1.82, 2.24) is 5.32 Å². The second-order valence-electron chi connectivity index (χ2n) is 3.70. The van der Waals surface area contributed by atoms with E-state index < -0.39 is 0 Å². The number of ether oxygens (including phenoxy) is 1. The fraction of sp³-hybridized carbons (Fsp3) is 0.889. The van der Waals surface area contributed by atoms with Crippen molar-refractivity contribution in [3.63, 3.8) is 0 Å². The van der Waals surface area contributed by atoms with Gasteiger partial charge in [0, 0.05) is 13.0 Å². The van der Waals surface area contributed by atoms with Gasteiger partial charge in [0.15, 0.2) is 0 Å². The highest BCUT2D eigenvalue weighted by atomic mass is 16.5. The Morgan fingerprint density at radius 2 is 2.42 bits per heavy atom. The lowest BCUT2D eigenvalue weighted by molar-refractivity contribution is -0.148. The Hall–Kier alpha value is -0.570. The van der Waals surface area contributed by atoms with E-state index in [4.69, 9.17) is 4.74 Å². The minimum atomic E-state index is -0.0568. The van der Waals surface area contributed by atoms with Crippen molar-refractivity contribution in [3.8, 4) is 0 Å². The number of carbonyl (C=O) groups is 1. The number of carbonyl (C=O) groups excluding carboxylic acids is 1. The lowest BCUT2D eigenvalue weighted by Gasteiger charge is -2.11. The van der Waals surface area contributed by atoms with Gasteiger partial charge in [0.05, 0.1) is 0 Å². The summed E-state index contributed by atoms with van der Waals surface area (Å²) in [6.07, 6.45) is 1.62. The first-order chi connectivity index (χ1) is 5.68. The zero-order valence-corrected chi connectivity index (χ0v) is 7.80. The molecule has 1 unspecified atom stereocenters. The fourth-order valence-corrected chi connectivity index (χ4v) is 1.30. The second-order valence-corrected chi connectivity index (χ2v) is 3.70. The van der Waals surface area contributed by atoms with Gasteiger partial charge in [0.2, 0.25) is 0 Å². The van der Waals surface area contributed by atoms with Crippen molar-refractivity contribution in [2.45, 2.75) is 32.8 Å². The van der Waals surface area contributed by atoms with E-state index in [9.17, 15) is 4.79 Å². The molecule has 1 aliphatic rings. The van der Waals surface area contributed by atoms with Gasteiger partial charge in [-0.05, 0) is 18.9 Å². The van der Waals surface area contributed by atoms with Crippen LogP contribution in [0.25, 0.3) is 0 Å². The van der Waals surface area contributed by atoms with Crippen molar-refractivity contribution >= 4 is 5.97 Å². The van der Waals surface area contributed by atoms with Gasteiger partial charge >= 0.3 is 5.97 Å². The van der Waals surface area contributed by atoms with Crippen LogP contribution in [0.1, 0.15) is 26.7 Å². The van der Waals surface area contributed by atoms with Crippen molar-refractivity contribution < 1.29 is 9.53 Å². The molecule has 0 aromatic heterocycles. The van der Waals surface area contributed by atoms with Crippen LogP contribution in [-0.4, -0.2) is 25.2 Å². The molecule has 1 saturated heterocycles. The van der Waals surface area contributed by atoms with Gasteiger partial charge in [-0.3, -0.25) is 4.79 Å². The van der Waals surface area contributed by atoms with Crippen LogP contribution in [0, 0.1) is 5.92 Å². The molecule has 1 atom stereocenters. The Morgan fingerprint density at radius 3 is 2.92 bits per heavy atom. The van der Waals surface area contributed by atoms with Gasteiger partial charge in [-0.1, -0.05) is 13.8 Å². The Bertz CT molecular complexity index is 151. The van der Waals surface area contributed by atoms with Gasteiger partial charge in [0.25, 0.3) is 0 Å². The lowest BCUT2D eigenvalue weighted by Crippen LogP contribution is -2.21. The minimum absolute atomic E-state index is 0.0568. The molecule has 3 heteroatoms. The van der Waals surface area contributed by atoms with Crippen LogP contribution in [0.15, 0.2) is 0 Å². The second kappa shape index (κ2) is 4.45. The molecule has 0 radical (unpaired) electrons. The normalized spacial score (nSPS) is 23.1. The molecule has 1 rings (SSSR count). The standard InChI is InChI=1S/C9H17NO2/c1-7(2)5-9(11)12-8-3-4-10-6-8/h7-8,10H,3-6H2,1-2H3. The van der Waals surface area contributed by atoms with Crippen molar-refractivity contribution in [3.05, 3.63) is 0 Å². The first kappa shape index (κ1) is 9.52. The maximum atomic E-state index is 11.2. The molecule has 12 heavy (non-hydrogen) atoms. The fourth-order valence-electron chi connectivity index (χ4n) is 1.30. The van der Waals surface area contributed by atoms with Gasteiger partial charge in [0.1, 0.15) is 6.10 Å². The first-order valence-electron chi connectivity index (χ1n) is 4.58. The summed E-state index contributed by atoms with van der Waals surface area (Å²) in [7, 11) is 0. The molecule has 1 heterocycles. The minimum Gasteiger partial charge on any atom is -0.461 e. The molecule has 0 aliphatic carbocycles. The molecule has 0 bridgehead atoms. The lowest BCUT2D eigenvalue weighted by atomic mass is 10.1. The molecule has 0 amide bonds. The van der Waals surface area contributed by atoms with Gasteiger partial charge < -0.3 is 10.1 Å². The van der Waals surface area contributed by atoms with Crippen LogP contribution < -0.4 is 5.32 Å². The summed E-state index contributed by atoms with van der Waals surface area (Å²) >= 11 is 0. The molecule has 0 saturated carbocycles. The zero-order valence-electron chi connectivity index (χ0n) is 7.80. The summed E-state index contributed by atoms with van der Waals surface area (Å²) in [4.78, 5) is 11.2. The number of nitrogens with one attached hydrogen (secondary N) is 1. The Balaban J connectivity index is 2.16. The Labute approximate surface area is 73.5 Å². The monoisotopic (exact) mass is 171 g/mol. The molecule has 0 aromatic carbocycles. The summed E-state index contributed by atoms with van der Waals surface area (Å²) in [5.74, 6) is 0.338. The van der Waals surface area contributed by atoms with Gasteiger partial charge in [-0.15, -0.1) is 0 Å². The summed E-state index contributed by atoms with van der Waals surface area (Å²) in [5.41, 5.74) is 0. The maximum absolute atomic E-state index is 11.2. The van der Waals surface area contributed by atoms with Crippen LogP contribution in [-0.2, 0) is 9.53 Å². The summed E-state index contributed by atoms with van der Waals surface area (Å²) < 4.78 is 5.22. The number of hydrogen-bond donors (Lipinski definition) is 1. The van der Waals surface area contributed by atoms with Gasteiger partial charge in [-0.25, -0.2) is 0 Å². The summed E-state index contributed by atoms with van der Waals surface area (Å²) in [6.45, 7) is 5.84. The average Bonchev–Trinajstić information content (AvgIpc) is 2.37. The van der Waals surface area contributed by atoms with Crippen molar-refractivity contribution in [2.24, 2.45) is 5.92 Å². The first-order valence-corrected chi connectivity index (χ1v) is 4.58. The maximum Gasteiger partial charge on any atom is 0.306 e. The van der Waals surface area contributed by atoms with Crippen LogP contribution in [0.5, 0.6) is 0 Å². The quantitative estimate of drug-likeness (QED) is 0.642. The predicted molar refractivity (Wildman–Crippen MR) is 46.8 cm³/mol. The highest BCUT2D eigenvalue weighted by molar-refractivity contribution is 5.69. The third kappa shape index (κ3) is 3.22. The van der Waals surface area contributed by atoms with E-state index in [0.717, 1.165) is 19.5 Å². The molecule has 1 fully saturated rings. The largest absolute Gasteiger partial charge is 0.461 e. The number of hydrogen-bond acceptors (Lipinski definition) is 3. The van der Waals surface area contributed by atoms with E-state index >= 15 is 0 Å². The smallest absolute Gasteiger partial charge is 0.306 e. The highest BCUT2D eigenvalue weighted by Gasteiger charge is 2.18. The Kier molecular flexibility index (Phi) is 3.53. The molecular weight excluding hydrogens is 154 g/mol. The number of rotatable bonds is 3. The van der Waals surface area contributed by atoms with Crippen LogP contribution in [0.2, 0.25) is 0 Å². The number of esters is 1. The van der Waals surface area contributed by atoms with E-state index in [2.05, 4.69) is 5.32 Å². The Morgan fingerprint density at radius 1 is 1.67 bits per heavy atom. The van der Waals surface area contributed by atoms with Crippen LogP contribution >= 0.6 is 0 Å². The summed E-state index contributed by atoms with van der Waals surface area (Å²) in [6, 6.07) is 0. The average molecular weight is 171 g/mol. The van der Waals surface area contributed by atoms with Gasteiger partial charge in [-0.2, -0.15) is 0 Å². The molecule has 70 valence electrons. The molecular formula is C9H17NO2. The predicted octanol–water partition coefficient (Wildman–Crippen LogP) is 0.938. The highest BCUT2D eigenvalue weighted by Crippen LogP contribution is 2.07. The molecule has 1 aliphatic heterocycles. The van der Waals surface area contributed by atoms with E-state index in [-0.39, 0.29) is 12.1 Å². The van der Waals surface area contributed by atoms with Crippen molar-refractivity contribution in [2.75, 3.05) is 13.1 Å². The van der Waals surface area contributed by atoms with E-state index in [1.807, 2.05) is 13.8 Å². The van der Waals surface area contributed by atoms with Crippen LogP contribution in [0.4, 0.5) is 0 Å². The molecule has 3 nitrogen and oxygen atoms in total.